The number of hydrogen-bond acceptors (Lipinski definition) is 4. The number of ether oxygens (including phenoxy) is 1. The molecule has 0 spiro atoms. The summed E-state index contributed by atoms with van der Waals surface area (Å²) in [5.41, 5.74) is 0. The largest absolute Gasteiger partial charge is 0.480 e. The van der Waals surface area contributed by atoms with Crippen molar-refractivity contribution in [2.45, 2.75) is 38.8 Å². The van der Waals surface area contributed by atoms with Gasteiger partial charge in [0.1, 0.15) is 18.0 Å². The van der Waals surface area contributed by atoms with Crippen LogP contribution in [-0.2, 0) is 9.53 Å². The number of rotatable bonds is 3. The number of nitrogens with zero attached hydrogens (tertiary/aromatic N) is 3. The molecule has 6 nitrogen and oxygen atoms in total. The highest BCUT2D eigenvalue weighted by Gasteiger charge is 2.28. The molecule has 0 bridgehead atoms. The minimum atomic E-state index is -0.887. The number of carboxylic acid groups (broad SMARTS) is 1. The first-order chi connectivity index (χ1) is 7.61. The van der Waals surface area contributed by atoms with Crippen LogP contribution in [0.5, 0.6) is 0 Å². The molecule has 16 heavy (non-hydrogen) atoms. The van der Waals surface area contributed by atoms with E-state index >= 15 is 0 Å². The van der Waals surface area contributed by atoms with Crippen LogP contribution in [0.4, 0.5) is 0 Å². The van der Waals surface area contributed by atoms with Gasteiger partial charge in [-0.15, -0.1) is 10.2 Å². The molecule has 1 aromatic rings. The van der Waals surface area contributed by atoms with Gasteiger partial charge >= 0.3 is 5.97 Å². The van der Waals surface area contributed by atoms with Crippen LogP contribution in [-0.4, -0.2) is 32.4 Å². The zero-order valence-corrected chi connectivity index (χ0v) is 9.38. The Morgan fingerprint density at radius 3 is 2.94 bits per heavy atom. The molecule has 0 aliphatic carbocycles. The fourth-order valence-corrected chi connectivity index (χ4v) is 1.98. The lowest BCUT2D eigenvalue weighted by Crippen LogP contribution is -2.20. The highest BCUT2D eigenvalue weighted by atomic mass is 16.5. The van der Waals surface area contributed by atoms with E-state index in [0.29, 0.717) is 18.3 Å². The van der Waals surface area contributed by atoms with Gasteiger partial charge in [0, 0.05) is 6.61 Å². The van der Waals surface area contributed by atoms with Gasteiger partial charge in [-0.3, -0.25) is 4.57 Å². The van der Waals surface area contributed by atoms with Gasteiger partial charge in [0.25, 0.3) is 0 Å². The van der Waals surface area contributed by atoms with Crippen molar-refractivity contribution < 1.29 is 14.6 Å². The molecule has 1 aromatic heterocycles. The second kappa shape index (κ2) is 4.21. The molecular weight excluding hydrogens is 210 g/mol. The van der Waals surface area contributed by atoms with Gasteiger partial charge < -0.3 is 9.84 Å². The van der Waals surface area contributed by atoms with E-state index in [0.717, 1.165) is 12.8 Å². The molecule has 2 heterocycles. The molecule has 6 heteroatoms. The van der Waals surface area contributed by atoms with Gasteiger partial charge in [0.2, 0.25) is 0 Å². The predicted octanol–water partition coefficient (Wildman–Crippen LogP) is 1.08. The average molecular weight is 225 g/mol. The monoisotopic (exact) mass is 225 g/mol. The fourth-order valence-electron chi connectivity index (χ4n) is 1.98. The Kier molecular flexibility index (Phi) is 2.91. The lowest BCUT2D eigenvalue weighted by molar-refractivity contribution is -0.140. The molecule has 1 N–H and O–H groups in total. The lowest BCUT2D eigenvalue weighted by atomic mass is 10.2. The van der Waals surface area contributed by atoms with Crippen LogP contribution < -0.4 is 0 Å². The summed E-state index contributed by atoms with van der Waals surface area (Å²) in [5.74, 6) is 0.354. The molecule has 1 aliphatic rings. The molecule has 2 atom stereocenters. The minimum absolute atomic E-state index is 0.108. The van der Waals surface area contributed by atoms with Crippen molar-refractivity contribution in [2.24, 2.45) is 0 Å². The quantitative estimate of drug-likeness (QED) is 0.833. The third kappa shape index (κ3) is 1.80. The summed E-state index contributed by atoms with van der Waals surface area (Å²) in [7, 11) is 0. The van der Waals surface area contributed by atoms with E-state index in [9.17, 15) is 4.79 Å². The number of carboxylic acids is 1. The predicted molar refractivity (Wildman–Crippen MR) is 55.0 cm³/mol. The van der Waals surface area contributed by atoms with E-state index in [1.165, 1.54) is 0 Å². The van der Waals surface area contributed by atoms with Crippen LogP contribution in [0, 0.1) is 6.92 Å². The molecule has 88 valence electrons. The highest BCUT2D eigenvalue weighted by molar-refractivity contribution is 5.71. The van der Waals surface area contributed by atoms with Gasteiger partial charge in [-0.1, -0.05) is 0 Å². The Labute approximate surface area is 93.2 Å². The topological polar surface area (TPSA) is 77.2 Å². The zero-order valence-electron chi connectivity index (χ0n) is 9.38. The van der Waals surface area contributed by atoms with Gasteiger partial charge in [-0.25, -0.2) is 4.79 Å². The number of carbonyl (C=O) groups is 1. The first kappa shape index (κ1) is 11.1. The Balaban J connectivity index is 2.35. The van der Waals surface area contributed by atoms with Gasteiger partial charge in [-0.05, 0) is 26.7 Å². The van der Waals surface area contributed by atoms with Crippen molar-refractivity contribution in [1.29, 1.82) is 0 Å². The van der Waals surface area contributed by atoms with Crippen LogP contribution >= 0.6 is 0 Å². The molecule has 0 saturated carbocycles. The Bertz CT molecular complexity index is 396. The zero-order chi connectivity index (χ0) is 11.7. The maximum absolute atomic E-state index is 11.0. The second-order valence-electron chi connectivity index (χ2n) is 3.99. The van der Waals surface area contributed by atoms with Crippen molar-refractivity contribution >= 4 is 5.97 Å². The summed E-state index contributed by atoms with van der Waals surface area (Å²) in [6.45, 7) is 4.08. The van der Waals surface area contributed by atoms with Gasteiger partial charge in [0.05, 0.1) is 0 Å². The van der Waals surface area contributed by atoms with E-state index in [4.69, 9.17) is 9.84 Å². The van der Waals surface area contributed by atoms with Crippen LogP contribution in [0.15, 0.2) is 0 Å². The summed E-state index contributed by atoms with van der Waals surface area (Å²) in [4.78, 5) is 11.0. The number of aryl methyl sites for hydroxylation is 1. The molecule has 2 rings (SSSR count). The van der Waals surface area contributed by atoms with E-state index < -0.39 is 12.0 Å². The summed E-state index contributed by atoms with van der Waals surface area (Å²) in [6.07, 6.45) is 1.76. The van der Waals surface area contributed by atoms with Crippen LogP contribution in [0.25, 0.3) is 0 Å². The Morgan fingerprint density at radius 1 is 1.62 bits per heavy atom. The lowest BCUT2D eigenvalue weighted by Gasteiger charge is -2.15. The average Bonchev–Trinajstić information content (AvgIpc) is 2.84. The third-order valence-corrected chi connectivity index (χ3v) is 2.85. The second-order valence-corrected chi connectivity index (χ2v) is 3.99. The molecule has 2 unspecified atom stereocenters. The third-order valence-electron chi connectivity index (χ3n) is 2.85. The highest BCUT2D eigenvalue weighted by Crippen LogP contribution is 2.29. The molecule has 1 saturated heterocycles. The molecule has 0 amide bonds. The fraction of sp³-hybridized carbons (Fsp3) is 0.700. The molecule has 0 aromatic carbocycles. The van der Waals surface area contributed by atoms with E-state index in [-0.39, 0.29) is 6.10 Å². The van der Waals surface area contributed by atoms with Gasteiger partial charge in [0.15, 0.2) is 5.82 Å². The number of aromatic nitrogens is 3. The van der Waals surface area contributed by atoms with Crippen molar-refractivity contribution in [2.75, 3.05) is 6.61 Å². The molecule has 1 fully saturated rings. The first-order valence-corrected chi connectivity index (χ1v) is 5.37. The van der Waals surface area contributed by atoms with Crippen molar-refractivity contribution in [3.63, 3.8) is 0 Å². The maximum atomic E-state index is 11.0. The van der Waals surface area contributed by atoms with Crippen molar-refractivity contribution in [1.82, 2.24) is 14.8 Å². The van der Waals surface area contributed by atoms with Crippen LogP contribution in [0.1, 0.15) is 43.6 Å². The Hall–Kier alpha value is -1.43. The summed E-state index contributed by atoms with van der Waals surface area (Å²) in [5, 5.41) is 17.0. The maximum Gasteiger partial charge on any atom is 0.326 e. The smallest absolute Gasteiger partial charge is 0.326 e. The molecule has 1 aliphatic heterocycles. The molecular formula is C10H15N3O3. The van der Waals surface area contributed by atoms with E-state index in [1.54, 1.807) is 18.4 Å². The molecule has 0 radical (unpaired) electrons. The minimum Gasteiger partial charge on any atom is -0.480 e. The SMILES string of the molecule is Cc1nnc(C2CCCO2)n1C(C)C(=O)O. The summed E-state index contributed by atoms with van der Waals surface area (Å²) >= 11 is 0. The van der Waals surface area contributed by atoms with Crippen LogP contribution in [0.2, 0.25) is 0 Å². The van der Waals surface area contributed by atoms with Crippen molar-refractivity contribution in [3.8, 4) is 0 Å². The van der Waals surface area contributed by atoms with Gasteiger partial charge in [-0.2, -0.15) is 0 Å². The van der Waals surface area contributed by atoms with E-state index in [1.807, 2.05) is 0 Å². The van der Waals surface area contributed by atoms with Crippen LogP contribution in [0.3, 0.4) is 0 Å². The van der Waals surface area contributed by atoms with Crippen molar-refractivity contribution in [3.05, 3.63) is 11.6 Å². The number of hydrogen-bond donors (Lipinski definition) is 1. The number of aliphatic carboxylic acids is 1. The first-order valence-electron chi connectivity index (χ1n) is 5.37. The van der Waals surface area contributed by atoms with E-state index in [2.05, 4.69) is 10.2 Å². The normalized spacial score (nSPS) is 22.2. The standard InChI is InChI=1S/C10H15N3O3/c1-6(10(14)15)13-7(2)11-12-9(13)8-4-3-5-16-8/h6,8H,3-5H2,1-2H3,(H,14,15). The summed E-state index contributed by atoms with van der Waals surface area (Å²) in [6, 6.07) is -0.658. The summed E-state index contributed by atoms with van der Waals surface area (Å²) < 4.78 is 7.14. The Morgan fingerprint density at radius 2 is 2.38 bits per heavy atom.